The molecule has 2 rings (SSSR count). The Morgan fingerprint density at radius 2 is 2.33 bits per heavy atom. The van der Waals surface area contributed by atoms with Crippen LogP contribution >= 0.6 is 0 Å². The van der Waals surface area contributed by atoms with E-state index in [0.717, 1.165) is 24.8 Å². The highest BCUT2D eigenvalue weighted by Crippen LogP contribution is 2.22. The molecule has 2 heterocycles. The number of likely N-dealkylation sites (tertiary alicyclic amines) is 1. The Kier molecular flexibility index (Phi) is 4.84. The third kappa shape index (κ3) is 3.59. The van der Waals surface area contributed by atoms with E-state index in [1.165, 1.54) is 31.5 Å². The van der Waals surface area contributed by atoms with Crippen LogP contribution in [0.3, 0.4) is 0 Å². The SMILES string of the molecule is CCC1CCN(Cc2ccoc2CNC(C)C)C1. The van der Waals surface area contributed by atoms with Gasteiger partial charge in [-0.05, 0) is 24.9 Å². The van der Waals surface area contributed by atoms with Crippen LogP contribution in [0.2, 0.25) is 0 Å². The van der Waals surface area contributed by atoms with Gasteiger partial charge in [0.2, 0.25) is 0 Å². The van der Waals surface area contributed by atoms with Gasteiger partial charge < -0.3 is 9.73 Å². The lowest BCUT2D eigenvalue weighted by atomic mass is 10.1. The van der Waals surface area contributed by atoms with E-state index in [1.54, 1.807) is 0 Å². The Morgan fingerprint density at radius 1 is 1.50 bits per heavy atom. The molecule has 3 heteroatoms. The fraction of sp³-hybridized carbons (Fsp3) is 0.733. The summed E-state index contributed by atoms with van der Waals surface area (Å²) in [4.78, 5) is 2.55. The predicted molar refractivity (Wildman–Crippen MR) is 74.4 cm³/mol. The molecule has 1 aliphatic rings. The average Bonchev–Trinajstić information content (AvgIpc) is 2.96. The lowest BCUT2D eigenvalue weighted by molar-refractivity contribution is 0.311. The van der Waals surface area contributed by atoms with Gasteiger partial charge in [0.25, 0.3) is 0 Å². The summed E-state index contributed by atoms with van der Waals surface area (Å²) in [6.45, 7) is 11.0. The third-order valence-electron chi connectivity index (χ3n) is 3.85. The molecule has 1 N–H and O–H groups in total. The molecule has 1 aromatic rings. The van der Waals surface area contributed by atoms with Crippen LogP contribution < -0.4 is 5.32 Å². The molecule has 0 amide bonds. The van der Waals surface area contributed by atoms with Crippen LogP contribution in [0, 0.1) is 5.92 Å². The third-order valence-corrected chi connectivity index (χ3v) is 3.85. The van der Waals surface area contributed by atoms with Crippen molar-refractivity contribution in [1.29, 1.82) is 0 Å². The van der Waals surface area contributed by atoms with Crippen molar-refractivity contribution in [2.45, 2.75) is 52.7 Å². The standard InChI is InChI=1S/C15H26N2O/c1-4-13-5-7-17(10-13)11-14-6-8-18-15(14)9-16-12(2)3/h6,8,12-13,16H,4-5,7,9-11H2,1-3H3. The van der Waals surface area contributed by atoms with Crippen LogP contribution in [0.4, 0.5) is 0 Å². The first-order chi connectivity index (χ1) is 8.69. The van der Waals surface area contributed by atoms with E-state index in [1.807, 2.05) is 6.26 Å². The highest BCUT2D eigenvalue weighted by molar-refractivity contribution is 5.17. The first-order valence-electron chi connectivity index (χ1n) is 7.20. The summed E-state index contributed by atoms with van der Waals surface area (Å²) in [5, 5.41) is 3.42. The second kappa shape index (κ2) is 6.39. The molecule has 1 saturated heterocycles. The molecule has 18 heavy (non-hydrogen) atoms. The lowest BCUT2D eigenvalue weighted by Crippen LogP contribution is -2.24. The molecule has 0 saturated carbocycles. The summed E-state index contributed by atoms with van der Waals surface area (Å²) in [5.41, 5.74) is 1.35. The largest absolute Gasteiger partial charge is 0.468 e. The van der Waals surface area contributed by atoms with E-state index in [-0.39, 0.29) is 0 Å². The highest BCUT2D eigenvalue weighted by atomic mass is 16.3. The van der Waals surface area contributed by atoms with Gasteiger partial charge in [0.15, 0.2) is 0 Å². The Bertz CT molecular complexity index is 359. The molecule has 1 aliphatic heterocycles. The van der Waals surface area contributed by atoms with Gasteiger partial charge >= 0.3 is 0 Å². The van der Waals surface area contributed by atoms with Crippen molar-refractivity contribution in [2.75, 3.05) is 13.1 Å². The minimum absolute atomic E-state index is 0.499. The van der Waals surface area contributed by atoms with Crippen molar-refractivity contribution in [3.63, 3.8) is 0 Å². The second-order valence-corrected chi connectivity index (χ2v) is 5.70. The van der Waals surface area contributed by atoms with Crippen LogP contribution in [0.25, 0.3) is 0 Å². The van der Waals surface area contributed by atoms with Crippen LogP contribution in [0.15, 0.2) is 16.7 Å². The van der Waals surface area contributed by atoms with E-state index in [2.05, 4.69) is 37.1 Å². The monoisotopic (exact) mass is 250 g/mol. The summed E-state index contributed by atoms with van der Waals surface area (Å²) in [6.07, 6.45) is 4.48. The van der Waals surface area contributed by atoms with Crippen molar-refractivity contribution < 1.29 is 4.42 Å². The topological polar surface area (TPSA) is 28.4 Å². The molecule has 0 spiro atoms. The molecule has 1 aromatic heterocycles. The molecule has 1 atom stereocenters. The fourth-order valence-corrected chi connectivity index (χ4v) is 2.59. The molecule has 0 aromatic carbocycles. The first kappa shape index (κ1) is 13.6. The maximum atomic E-state index is 5.59. The Balaban J connectivity index is 1.87. The summed E-state index contributed by atoms with van der Waals surface area (Å²) in [7, 11) is 0. The molecule has 1 unspecified atom stereocenters. The van der Waals surface area contributed by atoms with E-state index in [0.29, 0.717) is 6.04 Å². The number of rotatable bonds is 6. The van der Waals surface area contributed by atoms with Crippen molar-refractivity contribution in [3.05, 3.63) is 23.7 Å². The zero-order chi connectivity index (χ0) is 13.0. The van der Waals surface area contributed by atoms with Gasteiger partial charge in [-0.15, -0.1) is 0 Å². The van der Waals surface area contributed by atoms with Crippen molar-refractivity contribution in [1.82, 2.24) is 10.2 Å². The first-order valence-corrected chi connectivity index (χ1v) is 7.20. The smallest absolute Gasteiger partial charge is 0.122 e. The van der Waals surface area contributed by atoms with Gasteiger partial charge in [0.05, 0.1) is 12.8 Å². The van der Waals surface area contributed by atoms with Gasteiger partial charge in [0.1, 0.15) is 5.76 Å². The minimum atomic E-state index is 0.499. The molecule has 0 radical (unpaired) electrons. The zero-order valence-electron chi connectivity index (χ0n) is 11.9. The van der Waals surface area contributed by atoms with Crippen molar-refractivity contribution in [3.8, 4) is 0 Å². The Morgan fingerprint density at radius 3 is 3.00 bits per heavy atom. The molecule has 3 nitrogen and oxygen atoms in total. The van der Waals surface area contributed by atoms with E-state index >= 15 is 0 Å². The predicted octanol–water partition coefficient (Wildman–Crippen LogP) is 3.01. The van der Waals surface area contributed by atoms with Gasteiger partial charge in [0, 0.05) is 24.7 Å². The molecular weight excluding hydrogens is 224 g/mol. The van der Waals surface area contributed by atoms with Crippen molar-refractivity contribution >= 4 is 0 Å². The molecule has 0 aliphatic carbocycles. The number of nitrogens with one attached hydrogen (secondary N) is 1. The normalized spacial score (nSPS) is 21.0. The quantitative estimate of drug-likeness (QED) is 0.841. The maximum Gasteiger partial charge on any atom is 0.122 e. The molecule has 1 fully saturated rings. The molecule has 0 bridgehead atoms. The number of hydrogen-bond donors (Lipinski definition) is 1. The number of nitrogens with zero attached hydrogens (tertiary/aromatic N) is 1. The summed E-state index contributed by atoms with van der Waals surface area (Å²) < 4.78 is 5.59. The van der Waals surface area contributed by atoms with Crippen LogP contribution in [0.5, 0.6) is 0 Å². The summed E-state index contributed by atoms with van der Waals surface area (Å²) in [6, 6.07) is 2.62. The van der Waals surface area contributed by atoms with Gasteiger partial charge in [-0.1, -0.05) is 27.2 Å². The highest BCUT2D eigenvalue weighted by Gasteiger charge is 2.22. The van der Waals surface area contributed by atoms with Gasteiger partial charge in [-0.2, -0.15) is 0 Å². The molecular formula is C15H26N2O. The van der Waals surface area contributed by atoms with E-state index in [4.69, 9.17) is 4.42 Å². The zero-order valence-corrected chi connectivity index (χ0v) is 11.9. The van der Waals surface area contributed by atoms with E-state index in [9.17, 15) is 0 Å². The Labute approximate surface area is 111 Å². The number of furan rings is 1. The Hall–Kier alpha value is -0.800. The summed E-state index contributed by atoms with van der Waals surface area (Å²) >= 11 is 0. The van der Waals surface area contributed by atoms with Crippen molar-refractivity contribution in [2.24, 2.45) is 5.92 Å². The van der Waals surface area contributed by atoms with Crippen LogP contribution in [0.1, 0.15) is 44.9 Å². The van der Waals surface area contributed by atoms with Crippen LogP contribution in [-0.4, -0.2) is 24.0 Å². The lowest BCUT2D eigenvalue weighted by Gasteiger charge is -2.16. The van der Waals surface area contributed by atoms with E-state index < -0.39 is 0 Å². The number of hydrogen-bond acceptors (Lipinski definition) is 3. The second-order valence-electron chi connectivity index (χ2n) is 5.70. The minimum Gasteiger partial charge on any atom is -0.468 e. The summed E-state index contributed by atoms with van der Waals surface area (Å²) in [5.74, 6) is 2.00. The van der Waals surface area contributed by atoms with Gasteiger partial charge in [-0.3, -0.25) is 4.90 Å². The van der Waals surface area contributed by atoms with Crippen LogP contribution in [-0.2, 0) is 13.1 Å². The van der Waals surface area contributed by atoms with Gasteiger partial charge in [-0.25, -0.2) is 0 Å². The average molecular weight is 250 g/mol. The molecule has 102 valence electrons. The fourth-order valence-electron chi connectivity index (χ4n) is 2.59. The maximum absolute atomic E-state index is 5.59.